The molecular formula is C19H22N6. The minimum absolute atomic E-state index is 0.679. The molecule has 0 amide bonds. The predicted octanol–water partition coefficient (Wildman–Crippen LogP) is 3.27. The quantitative estimate of drug-likeness (QED) is 0.790. The predicted molar refractivity (Wildman–Crippen MR) is 99.5 cm³/mol. The summed E-state index contributed by atoms with van der Waals surface area (Å²) in [6.07, 6.45) is 9.59. The number of rotatable bonds is 4. The van der Waals surface area contributed by atoms with Crippen molar-refractivity contribution in [1.29, 1.82) is 0 Å². The van der Waals surface area contributed by atoms with Crippen LogP contribution in [0.15, 0.2) is 43.1 Å². The molecule has 1 unspecified atom stereocenters. The molecule has 0 bridgehead atoms. The first-order valence-corrected chi connectivity index (χ1v) is 8.78. The van der Waals surface area contributed by atoms with Crippen molar-refractivity contribution in [3.8, 4) is 0 Å². The number of hydrogen-bond donors (Lipinski definition) is 1. The molecule has 0 aromatic carbocycles. The average molecular weight is 334 g/mol. The van der Waals surface area contributed by atoms with E-state index in [2.05, 4.69) is 43.1 Å². The van der Waals surface area contributed by atoms with Gasteiger partial charge < -0.3 is 10.2 Å². The van der Waals surface area contributed by atoms with Crippen LogP contribution in [0, 0.1) is 5.92 Å². The molecule has 6 heteroatoms. The lowest BCUT2D eigenvalue weighted by Crippen LogP contribution is -2.34. The highest BCUT2D eigenvalue weighted by Gasteiger charge is 2.18. The standard InChI is InChI=1S/C19H22N6/c1-14-4-3-7-25(12-14)18-8-16-17(11-21-18)23-13-24-19(16)22-10-15-5-2-6-20-9-15/h2,5-6,8-9,11,13-14H,3-4,7,10,12H2,1H3,(H,22,23,24). The molecular weight excluding hydrogens is 312 g/mol. The molecule has 1 saturated heterocycles. The number of fused-ring (bicyclic) bond motifs is 1. The maximum atomic E-state index is 4.62. The van der Waals surface area contributed by atoms with Crippen molar-refractivity contribution in [2.24, 2.45) is 5.92 Å². The molecule has 1 fully saturated rings. The molecule has 0 aliphatic carbocycles. The number of aromatic nitrogens is 4. The van der Waals surface area contributed by atoms with Crippen LogP contribution in [0.1, 0.15) is 25.3 Å². The number of nitrogens with one attached hydrogen (secondary N) is 1. The fraction of sp³-hybridized carbons (Fsp3) is 0.368. The molecule has 0 saturated carbocycles. The van der Waals surface area contributed by atoms with Gasteiger partial charge >= 0.3 is 0 Å². The van der Waals surface area contributed by atoms with E-state index in [1.165, 1.54) is 12.8 Å². The molecule has 1 N–H and O–H groups in total. The van der Waals surface area contributed by atoms with Gasteiger partial charge in [0.15, 0.2) is 0 Å². The summed E-state index contributed by atoms with van der Waals surface area (Å²) in [5, 5.41) is 4.41. The Balaban J connectivity index is 1.61. The van der Waals surface area contributed by atoms with E-state index in [0.717, 1.165) is 41.2 Å². The maximum Gasteiger partial charge on any atom is 0.137 e. The highest BCUT2D eigenvalue weighted by molar-refractivity contribution is 5.90. The Morgan fingerprint density at radius 1 is 1.24 bits per heavy atom. The van der Waals surface area contributed by atoms with E-state index < -0.39 is 0 Å². The van der Waals surface area contributed by atoms with E-state index in [4.69, 9.17) is 0 Å². The summed E-state index contributed by atoms with van der Waals surface area (Å²) in [4.78, 5) is 19.9. The third kappa shape index (κ3) is 3.52. The number of piperidine rings is 1. The molecule has 0 radical (unpaired) electrons. The fourth-order valence-electron chi connectivity index (χ4n) is 3.35. The van der Waals surface area contributed by atoms with Crippen molar-refractivity contribution in [2.45, 2.75) is 26.3 Å². The summed E-state index contributed by atoms with van der Waals surface area (Å²) >= 11 is 0. The third-order valence-corrected chi connectivity index (χ3v) is 4.67. The molecule has 6 nitrogen and oxygen atoms in total. The Labute approximate surface area is 147 Å². The van der Waals surface area contributed by atoms with Gasteiger partial charge in [-0.05, 0) is 36.5 Å². The first-order valence-electron chi connectivity index (χ1n) is 8.78. The van der Waals surface area contributed by atoms with E-state index in [9.17, 15) is 0 Å². The minimum atomic E-state index is 0.679. The van der Waals surface area contributed by atoms with Gasteiger partial charge in [-0.25, -0.2) is 15.0 Å². The maximum absolute atomic E-state index is 4.62. The lowest BCUT2D eigenvalue weighted by Gasteiger charge is -2.31. The number of hydrogen-bond acceptors (Lipinski definition) is 6. The van der Waals surface area contributed by atoms with Crippen LogP contribution in [-0.2, 0) is 6.54 Å². The van der Waals surface area contributed by atoms with Crippen LogP contribution in [-0.4, -0.2) is 33.0 Å². The molecule has 4 rings (SSSR count). The highest BCUT2D eigenvalue weighted by Crippen LogP contribution is 2.26. The van der Waals surface area contributed by atoms with Gasteiger partial charge in [-0.15, -0.1) is 0 Å². The second kappa shape index (κ2) is 7.01. The topological polar surface area (TPSA) is 66.8 Å². The van der Waals surface area contributed by atoms with Gasteiger partial charge in [0, 0.05) is 37.4 Å². The molecule has 3 aromatic rings. The van der Waals surface area contributed by atoms with Crippen LogP contribution in [0.2, 0.25) is 0 Å². The van der Waals surface area contributed by atoms with Gasteiger partial charge in [-0.1, -0.05) is 13.0 Å². The Bertz CT molecular complexity index is 851. The molecule has 1 aliphatic rings. The molecule has 1 atom stereocenters. The Morgan fingerprint density at radius 2 is 2.20 bits per heavy atom. The zero-order valence-corrected chi connectivity index (χ0v) is 14.4. The van der Waals surface area contributed by atoms with E-state index >= 15 is 0 Å². The second-order valence-corrected chi connectivity index (χ2v) is 6.69. The summed E-state index contributed by atoms with van der Waals surface area (Å²) in [5.74, 6) is 2.56. The van der Waals surface area contributed by atoms with Crippen LogP contribution in [0.4, 0.5) is 11.6 Å². The molecule has 1 aliphatic heterocycles. The summed E-state index contributed by atoms with van der Waals surface area (Å²) in [5.41, 5.74) is 1.98. The average Bonchev–Trinajstić information content (AvgIpc) is 2.67. The van der Waals surface area contributed by atoms with Crippen molar-refractivity contribution in [2.75, 3.05) is 23.3 Å². The van der Waals surface area contributed by atoms with Gasteiger partial charge in [0.2, 0.25) is 0 Å². The monoisotopic (exact) mass is 334 g/mol. The van der Waals surface area contributed by atoms with Crippen LogP contribution >= 0.6 is 0 Å². The number of nitrogens with zero attached hydrogens (tertiary/aromatic N) is 5. The van der Waals surface area contributed by atoms with Gasteiger partial charge in [-0.2, -0.15) is 0 Å². The van der Waals surface area contributed by atoms with Crippen molar-refractivity contribution in [3.05, 3.63) is 48.7 Å². The van der Waals surface area contributed by atoms with Crippen LogP contribution < -0.4 is 10.2 Å². The van der Waals surface area contributed by atoms with Crippen LogP contribution in [0.5, 0.6) is 0 Å². The SMILES string of the molecule is CC1CCCN(c2cc3c(NCc4cccnc4)ncnc3cn2)C1. The Kier molecular flexibility index (Phi) is 4.41. The van der Waals surface area contributed by atoms with Gasteiger partial charge in [0.05, 0.1) is 11.7 Å². The van der Waals surface area contributed by atoms with E-state index in [1.807, 2.05) is 24.5 Å². The Morgan fingerprint density at radius 3 is 3.04 bits per heavy atom. The van der Waals surface area contributed by atoms with Gasteiger partial charge in [0.25, 0.3) is 0 Å². The largest absolute Gasteiger partial charge is 0.365 e. The summed E-state index contributed by atoms with van der Waals surface area (Å²) in [6, 6.07) is 6.10. The van der Waals surface area contributed by atoms with Crippen molar-refractivity contribution >= 4 is 22.5 Å². The fourth-order valence-corrected chi connectivity index (χ4v) is 3.35. The van der Waals surface area contributed by atoms with Crippen molar-refractivity contribution < 1.29 is 0 Å². The van der Waals surface area contributed by atoms with E-state index in [0.29, 0.717) is 12.5 Å². The van der Waals surface area contributed by atoms with Crippen molar-refractivity contribution in [1.82, 2.24) is 19.9 Å². The smallest absolute Gasteiger partial charge is 0.137 e. The first kappa shape index (κ1) is 15.7. The minimum Gasteiger partial charge on any atom is -0.365 e. The lowest BCUT2D eigenvalue weighted by atomic mass is 10.0. The Hall–Kier alpha value is -2.76. The first-order chi connectivity index (χ1) is 12.3. The van der Waals surface area contributed by atoms with Gasteiger partial charge in [0.1, 0.15) is 18.0 Å². The number of anilines is 2. The molecule has 25 heavy (non-hydrogen) atoms. The van der Waals surface area contributed by atoms with E-state index in [-0.39, 0.29) is 0 Å². The van der Waals surface area contributed by atoms with E-state index in [1.54, 1.807) is 12.5 Å². The number of pyridine rings is 2. The summed E-state index contributed by atoms with van der Waals surface area (Å²) in [6.45, 7) is 5.11. The normalized spacial score (nSPS) is 17.6. The molecule has 0 spiro atoms. The molecule has 128 valence electrons. The third-order valence-electron chi connectivity index (χ3n) is 4.67. The zero-order valence-electron chi connectivity index (χ0n) is 14.4. The van der Waals surface area contributed by atoms with Crippen molar-refractivity contribution in [3.63, 3.8) is 0 Å². The second-order valence-electron chi connectivity index (χ2n) is 6.69. The van der Waals surface area contributed by atoms with Crippen LogP contribution in [0.3, 0.4) is 0 Å². The molecule has 3 aromatic heterocycles. The summed E-state index contributed by atoms with van der Waals surface area (Å²) in [7, 11) is 0. The molecule has 4 heterocycles. The zero-order chi connectivity index (χ0) is 17.1. The van der Waals surface area contributed by atoms with Crippen LogP contribution in [0.25, 0.3) is 10.9 Å². The lowest BCUT2D eigenvalue weighted by molar-refractivity contribution is 0.444. The van der Waals surface area contributed by atoms with Gasteiger partial charge in [-0.3, -0.25) is 4.98 Å². The summed E-state index contributed by atoms with van der Waals surface area (Å²) < 4.78 is 0. The highest BCUT2D eigenvalue weighted by atomic mass is 15.2.